The average Bonchev–Trinajstić information content (AvgIpc) is 3.18. The predicted octanol–water partition coefficient (Wildman–Crippen LogP) is 4.34. The Morgan fingerprint density at radius 1 is 1.00 bits per heavy atom. The quantitative estimate of drug-likeness (QED) is 0.365. The predicted molar refractivity (Wildman–Crippen MR) is 118 cm³/mol. The Morgan fingerprint density at radius 2 is 1.74 bits per heavy atom. The van der Waals surface area contributed by atoms with Crippen LogP contribution in [0.5, 0.6) is 0 Å². The van der Waals surface area contributed by atoms with E-state index in [0.29, 0.717) is 16.4 Å². The highest BCUT2D eigenvalue weighted by Gasteiger charge is 2.23. The fourth-order valence-electron chi connectivity index (χ4n) is 2.26. The average molecular weight is 522 g/mol. The molecular weight excluding hydrogens is 511 g/mol. The molecule has 0 aliphatic rings. The number of anilines is 2. The van der Waals surface area contributed by atoms with Gasteiger partial charge in [0.25, 0.3) is 20.3 Å². The molecule has 0 fully saturated rings. The number of ether oxygens (including phenoxy) is 1. The summed E-state index contributed by atoms with van der Waals surface area (Å²) in [5.41, 5.74) is 0.160. The molecule has 1 amide bonds. The first-order chi connectivity index (χ1) is 14.6. The number of esters is 1. The fraction of sp³-hybridized carbons (Fsp3) is 0.0588. The van der Waals surface area contributed by atoms with Crippen LogP contribution in [0.25, 0.3) is 0 Å². The molecule has 1 aromatic heterocycles. The molecule has 14 heteroatoms. The first-order valence-electron chi connectivity index (χ1n) is 8.11. The molecule has 0 unspecified atom stereocenters. The lowest BCUT2D eigenvalue weighted by molar-refractivity contribution is 0.0601. The fourth-order valence-corrected chi connectivity index (χ4v) is 4.90. The summed E-state index contributed by atoms with van der Waals surface area (Å²) in [6.07, 6.45) is 0. The zero-order valence-corrected chi connectivity index (χ0v) is 19.3. The zero-order valence-electron chi connectivity index (χ0n) is 15.4. The van der Waals surface area contributed by atoms with Crippen LogP contribution in [0.4, 0.5) is 10.8 Å². The maximum Gasteiger partial charge on any atom is 0.339 e. The molecule has 1 heterocycles. The number of rotatable bonds is 6. The Labute approximate surface area is 195 Å². The van der Waals surface area contributed by atoms with E-state index in [2.05, 4.69) is 25.0 Å². The number of carbonyl (C=O) groups is 2. The Morgan fingerprint density at radius 3 is 2.42 bits per heavy atom. The maximum atomic E-state index is 12.6. The van der Waals surface area contributed by atoms with E-state index >= 15 is 0 Å². The second-order valence-corrected chi connectivity index (χ2v) is 9.83. The van der Waals surface area contributed by atoms with E-state index in [1.54, 1.807) is 0 Å². The van der Waals surface area contributed by atoms with Crippen molar-refractivity contribution in [2.75, 3.05) is 17.1 Å². The summed E-state index contributed by atoms with van der Waals surface area (Å²) in [5.74, 6) is -1.34. The second kappa shape index (κ2) is 9.37. The summed E-state index contributed by atoms with van der Waals surface area (Å²) in [6, 6.07) is 8.22. The van der Waals surface area contributed by atoms with Gasteiger partial charge in [-0.25, -0.2) is 4.79 Å². The second-order valence-electron chi connectivity index (χ2n) is 5.74. The minimum atomic E-state index is -4.16. The van der Waals surface area contributed by atoms with E-state index in [9.17, 15) is 18.0 Å². The van der Waals surface area contributed by atoms with Gasteiger partial charge in [-0.05, 0) is 36.4 Å². The van der Waals surface area contributed by atoms with Gasteiger partial charge in [-0.2, -0.15) is 8.42 Å². The molecule has 0 aliphatic heterocycles. The highest BCUT2D eigenvalue weighted by Crippen LogP contribution is 2.27. The Balaban J connectivity index is 1.78. The molecule has 2 N–H and O–H groups in total. The number of nitrogens with zero attached hydrogens (tertiary/aromatic N) is 2. The van der Waals surface area contributed by atoms with E-state index in [1.807, 2.05) is 0 Å². The summed E-state index contributed by atoms with van der Waals surface area (Å²) < 4.78 is 31.6. The molecule has 0 spiro atoms. The standard InChI is InChI=1S/C17H11Cl3N4O5S2/c1-29-15(26)11-7-9(3-5-12(11)19)24-31(27,28)17-23-22-16(30-17)21-14(25)10-4-2-8(18)6-13(10)20/h2-7,24H,1H3,(H,21,22,25). The lowest BCUT2D eigenvalue weighted by Gasteiger charge is -2.08. The summed E-state index contributed by atoms with van der Waals surface area (Å²) in [6.45, 7) is 0. The Hall–Kier alpha value is -2.44. The molecule has 3 rings (SSSR count). The third-order valence-corrected chi connectivity index (χ3v) is 7.12. The van der Waals surface area contributed by atoms with Crippen LogP contribution in [-0.4, -0.2) is 37.6 Å². The first-order valence-corrected chi connectivity index (χ1v) is 11.5. The van der Waals surface area contributed by atoms with Crippen LogP contribution in [0.15, 0.2) is 40.7 Å². The van der Waals surface area contributed by atoms with Gasteiger partial charge >= 0.3 is 5.97 Å². The zero-order chi connectivity index (χ0) is 22.8. The number of amides is 1. The number of nitrogens with one attached hydrogen (secondary N) is 2. The van der Waals surface area contributed by atoms with Crippen molar-refractivity contribution in [3.8, 4) is 0 Å². The molecular formula is C17H11Cl3N4O5S2. The highest BCUT2D eigenvalue weighted by molar-refractivity contribution is 7.94. The third-order valence-electron chi connectivity index (χ3n) is 3.66. The van der Waals surface area contributed by atoms with Crippen LogP contribution in [0, 0.1) is 0 Å². The van der Waals surface area contributed by atoms with Gasteiger partial charge < -0.3 is 4.74 Å². The number of hydrogen-bond acceptors (Lipinski definition) is 8. The van der Waals surface area contributed by atoms with Crippen molar-refractivity contribution in [1.82, 2.24) is 10.2 Å². The normalized spacial score (nSPS) is 11.1. The van der Waals surface area contributed by atoms with Crippen molar-refractivity contribution in [1.29, 1.82) is 0 Å². The monoisotopic (exact) mass is 520 g/mol. The molecule has 0 saturated carbocycles. The van der Waals surface area contributed by atoms with Gasteiger partial charge in [0, 0.05) is 10.7 Å². The van der Waals surface area contributed by atoms with Crippen molar-refractivity contribution >= 4 is 78.9 Å². The van der Waals surface area contributed by atoms with Crippen LogP contribution in [0.1, 0.15) is 20.7 Å². The number of aromatic nitrogens is 2. The number of benzene rings is 2. The van der Waals surface area contributed by atoms with Crippen molar-refractivity contribution in [2.24, 2.45) is 0 Å². The minimum absolute atomic E-state index is 0.0190. The largest absolute Gasteiger partial charge is 0.465 e. The van der Waals surface area contributed by atoms with Crippen molar-refractivity contribution in [3.05, 3.63) is 62.6 Å². The topological polar surface area (TPSA) is 127 Å². The number of sulfonamides is 1. The van der Waals surface area contributed by atoms with Gasteiger partial charge in [-0.1, -0.05) is 46.1 Å². The molecule has 31 heavy (non-hydrogen) atoms. The molecule has 9 nitrogen and oxygen atoms in total. The van der Waals surface area contributed by atoms with E-state index in [1.165, 1.54) is 43.5 Å². The van der Waals surface area contributed by atoms with Crippen molar-refractivity contribution < 1.29 is 22.7 Å². The van der Waals surface area contributed by atoms with Gasteiger partial charge in [0.05, 0.1) is 28.3 Å². The molecule has 3 aromatic rings. The van der Waals surface area contributed by atoms with Gasteiger partial charge in [-0.3, -0.25) is 14.8 Å². The minimum Gasteiger partial charge on any atom is -0.465 e. The summed E-state index contributed by atoms with van der Waals surface area (Å²) in [4.78, 5) is 24.1. The van der Waals surface area contributed by atoms with E-state index < -0.39 is 26.2 Å². The Kier molecular flexibility index (Phi) is 7.02. The smallest absolute Gasteiger partial charge is 0.339 e. The molecule has 0 aliphatic carbocycles. The van der Waals surface area contributed by atoms with Gasteiger partial charge in [-0.15, -0.1) is 10.2 Å². The van der Waals surface area contributed by atoms with Crippen LogP contribution in [0.2, 0.25) is 15.1 Å². The van der Waals surface area contributed by atoms with Crippen molar-refractivity contribution in [3.63, 3.8) is 0 Å². The Bertz CT molecular complexity index is 1280. The summed E-state index contributed by atoms with van der Waals surface area (Å²) in [7, 11) is -2.99. The number of hydrogen-bond donors (Lipinski definition) is 2. The molecule has 0 saturated heterocycles. The number of carbonyl (C=O) groups excluding carboxylic acids is 2. The molecule has 0 atom stereocenters. The highest BCUT2D eigenvalue weighted by atomic mass is 35.5. The van der Waals surface area contributed by atoms with Gasteiger partial charge in [0.1, 0.15) is 0 Å². The van der Waals surface area contributed by atoms with Crippen LogP contribution >= 0.6 is 46.1 Å². The van der Waals surface area contributed by atoms with E-state index in [-0.39, 0.29) is 32.0 Å². The van der Waals surface area contributed by atoms with Crippen molar-refractivity contribution in [2.45, 2.75) is 4.34 Å². The molecule has 0 bridgehead atoms. The summed E-state index contributed by atoms with van der Waals surface area (Å²) >= 11 is 18.3. The number of methoxy groups -OCH3 is 1. The van der Waals surface area contributed by atoms with E-state index in [4.69, 9.17) is 34.8 Å². The summed E-state index contributed by atoms with van der Waals surface area (Å²) in [5, 5.41) is 10.2. The molecule has 0 radical (unpaired) electrons. The van der Waals surface area contributed by atoms with Crippen LogP contribution in [-0.2, 0) is 14.8 Å². The van der Waals surface area contributed by atoms with Gasteiger partial charge in [0.15, 0.2) is 0 Å². The SMILES string of the molecule is COC(=O)c1cc(NS(=O)(=O)c2nnc(NC(=O)c3ccc(Cl)cc3Cl)s2)ccc1Cl. The lowest BCUT2D eigenvalue weighted by atomic mass is 10.2. The van der Waals surface area contributed by atoms with E-state index in [0.717, 1.165) is 0 Å². The molecule has 2 aromatic carbocycles. The number of halogens is 3. The maximum absolute atomic E-state index is 12.6. The lowest BCUT2D eigenvalue weighted by Crippen LogP contribution is -2.13. The first kappa shape index (κ1) is 23.2. The third kappa shape index (κ3) is 5.43. The molecule has 162 valence electrons. The van der Waals surface area contributed by atoms with Gasteiger partial charge in [0.2, 0.25) is 5.13 Å². The van der Waals surface area contributed by atoms with Crippen LogP contribution in [0.3, 0.4) is 0 Å². The van der Waals surface area contributed by atoms with Crippen LogP contribution < -0.4 is 10.0 Å².